The minimum Gasteiger partial charge on any atom is -0.481 e. The predicted molar refractivity (Wildman–Crippen MR) is 74.4 cm³/mol. The number of carboxylic acid groups (broad SMARTS) is 1. The third-order valence-electron chi connectivity index (χ3n) is 3.33. The molecule has 7 heteroatoms. The van der Waals surface area contributed by atoms with Gasteiger partial charge < -0.3 is 10.0 Å². The van der Waals surface area contributed by atoms with Crippen LogP contribution in [0.4, 0.5) is 13.2 Å². The summed E-state index contributed by atoms with van der Waals surface area (Å²) in [6.07, 6.45) is -4.12. The molecule has 0 amide bonds. The molecule has 1 aromatic rings. The highest BCUT2D eigenvalue weighted by molar-refractivity contribution is 7.99. The lowest BCUT2D eigenvalue weighted by Crippen LogP contribution is -2.48. The monoisotopic (exact) mass is 319 g/mol. The van der Waals surface area contributed by atoms with E-state index < -0.39 is 17.7 Å². The summed E-state index contributed by atoms with van der Waals surface area (Å²) >= 11 is 1.39. The number of carboxylic acids is 1. The number of likely N-dealkylation sites (tertiary alicyclic amines) is 1. The van der Waals surface area contributed by atoms with Crippen molar-refractivity contribution in [2.75, 3.05) is 25.4 Å². The van der Waals surface area contributed by atoms with Crippen molar-refractivity contribution in [3.63, 3.8) is 0 Å². The van der Waals surface area contributed by atoms with Crippen molar-refractivity contribution >= 4 is 17.7 Å². The molecule has 0 spiro atoms. The smallest absolute Gasteiger partial charge is 0.416 e. The number of hydrogen-bond donors (Lipinski definition) is 1. The van der Waals surface area contributed by atoms with Gasteiger partial charge in [0.2, 0.25) is 0 Å². The second-order valence-corrected chi connectivity index (χ2v) is 6.27. The van der Waals surface area contributed by atoms with Gasteiger partial charge in [0.15, 0.2) is 0 Å². The van der Waals surface area contributed by atoms with Crippen LogP contribution in [0.3, 0.4) is 0 Å². The molecule has 0 atom stereocenters. The summed E-state index contributed by atoms with van der Waals surface area (Å²) in [5, 5.41) is 8.64. The van der Waals surface area contributed by atoms with Gasteiger partial charge in [0.1, 0.15) is 0 Å². The molecular formula is C14H16F3NO2S. The number of hydrogen-bond acceptors (Lipinski definition) is 3. The van der Waals surface area contributed by atoms with E-state index in [1.165, 1.54) is 17.8 Å². The molecule has 0 unspecified atom stereocenters. The minimum atomic E-state index is -4.31. The zero-order valence-electron chi connectivity index (χ0n) is 11.3. The van der Waals surface area contributed by atoms with Crippen molar-refractivity contribution in [3.8, 4) is 0 Å². The molecule has 1 aliphatic heterocycles. The Labute approximate surface area is 125 Å². The first kappa shape index (κ1) is 16.2. The molecule has 2 rings (SSSR count). The second-order valence-electron chi connectivity index (χ2n) is 5.10. The van der Waals surface area contributed by atoms with Gasteiger partial charge in [0.25, 0.3) is 0 Å². The summed E-state index contributed by atoms with van der Waals surface area (Å²) in [7, 11) is 0. The number of nitrogens with zero attached hydrogens (tertiary/aromatic N) is 1. The Morgan fingerprint density at radius 1 is 1.38 bits per heavy atom. The van der Waals surface area contributed by atoms with E-state index in [0.717, 1.165) is 31.8 Å². The van der Waals surface area contributed by atoms with Crippen molar-refractivity contribution in [1.82, 2.24) is 4.90 Å². The summed E-state index contributed by atoms with van der Waals surface area (Å²) in [5.41, 5.74) is -0.627. The summed E-state index contributed by atoms with van der Waals surface area (Å²) in [6.45, 7) is 2.28. The van der Waals surface area contributed by atoms with E-state index in [-0.39, 0.29) is 12.3 Å². The SMILES string of the molecule is O=C(O)CC1CN(CCSc2cccc(C(F)(F)F)c2)C1. The molecule has 0 bridgehead atoms. The van der Waals surface area contributed by atoms with E-state index in [1.54, 1.807) is 6.07 Å². The molecule has 0 radical (unpaired) electrons. The van der Waals surface area contributed by atoms with E-state index in [9.17, 15) is 18.0 Å². The molecule has 0 saturated carbocycles. The highest BCUT2D eigenvalue weighted by Crippen LogP contribution is 2.32. The second kappa shape index (κ2) is 6.70. The maximum absolute atomic E-state index is 12.6. The zero-order valence-corrected chi connectivity index (χ0v) is 12.1. The Kier molecular flexibility index (Phi) is 5.16. The molecule has 1 aromatic carbocycles. The van der Waals surface area contributed by atoms with Gasteiger partial charge in [-0.15, -0.1) is 11.8 Å². The minimum absolute atomic E-state index is 0.192. The Hall–Kier alpha value is -1.21. The van der Waals surface area contributed by atoms with Crippen LogP contribution in [0.15, 0.2) is 29.2 Å². The van der Waals surface area contributed by atoms with Gasteiger partial charge in [-0.05, 0) is 24.1 Å². The van der Waals surface area contributed by atoms with Crippen LogP contribution >= 0.6 is 11.8 Å². The largest absolute Gasteiger partial charge is 0.481 e. The number of halogens is 3. The van der Waals surface area contributed by atoms with Crippen LogP contribution in [-0.2, 0) is 11.0 Å². The molecule has 0 aliphatic carbocycles. The van der Waals surface area contributed by atoms with Gasteiger partial charge >= 0.3 is 12.1 Å². The van der Waals surface area contributed by atoms with Gasteiger partial charge in [-0.1, -0.05) is 6.07 Å². The molecule has 1 aliphatic rings. The number of rotatable bonds is 6. The van der Waals surface area contributed by atoms with Gasteiger partial charge in [-0.3, -0.25) is 4.79 Å². The van der Waals surface area contributed by atoms with Crippen molar-refractivity contribution < 1.29 is 23.1 Å². The Balaban J connectivity index is 1.72. The van der Waals surface area contributed by atoms with Crippen molar-refractivity contribution in [2.45, 2.75) is 17.5 Å². The van der Waals surface area contributed by atoms with E-state index in [0.29, 0.717) is 10.6 Å². The Bertz CT molecular complexity index is 501. The van der Waals surface area contributed by atoms with Gasteiger partial charge in [0.05, 0.1) is 12.0 Å². The maximum atomic E-state index is 12.6. The Morgan fingerprint density at radius 2 is 2.10 bits per heavy atom. The molecule has 1 saturated heterocycles. The van der Waals surface area contributed by atoms with E-state index >= 15 is 0 Å². The molecule has 1 heterocycles. The third kappa shape index (κ3) is 4.93. The molecule has 116 valence electrons. The average Bonchev–Trinajstić information content (AvgIpc) is 2.34. The van der Waals surface area contributed by atoms with Crippen LogP contribution < -0.4 is 0 Å². The highest BCUT2D eigenvalue weighted by Gasteiger charge is 2.30. The maximum Gasteiger partial charge on any atom is 0.416 e. The lowest BCUT2D eigenvalue weighted by atomic mass is 9.97. The van der Waals surface area contributed by atoms with Crippen LogP contribution in [0.25, 0.3) is 0 Å². The summed E-state index contributed by atoms with van der Waals surface area (Å²) < 4.78 is 37.7. The van der Waals surface area contributed by atoms with Crippen LogP contribution in [0.2, 0.25) is 0 Å². The number of aliphatic carboxylic acids is 1. The van der Waals surface area contributed by atoms with E-state index in [1.807, 2.05) is 0 Å². The summed E-state index contributed by atoms with van der Waals surface area (Å²) in [5.74, 6) is 0.125. The quantitative estimate of drug-likeness (QED) is 0.818. The lowest BCUT2D eigenvalue weighted by molar-refractivity contribution is -0.139. The lowest BCUT2D eigenvalue weighted by Gasteiger charge is -2.38. The number of thioether (sulfide) groups is 1. The van der Waals surface area contributed by atoms with Gasteiger partial charge in [-0.25, -0.2) is 0 Å². The van der Waals surface area contributed by atoms with Gasteiger partial charge in [0, 0.05) is 30.3 Å². The number of carbonyl (C=O) groups is 1. The van der Waals surface area contributed by atoms with Gasteiger partial charge in [-0.2, -0.15) is 13.2 Å². The van der Waals surface area contributed by atoms with Crippen molar-refractivity contribution in [2.24, 2.45) is 5.92 Å². The topological polar surface area (TPSA) is 40.5 Å². The Morgan fingerprint density at radius 3 is 2.71 bits per heavy atom. The standard InChI is InChI=1S/C14H16F3NO2S/c15-14(16,17)11-2-1-3-12(7-11)21-5-4-18-8-10(9-18)6-13(19)20/h1-3,7,10H,4-6,8-9H2,(H,19,20). The average molecular weight is 319 g/mol. The first-order valence-corrected chi connectivity index (χ1v) is 7.57. The normalized spacial score (nSPS) is 16.7. The van der Waals surface area contributed by atoms with Crippen LogP contribution in [-0.4, -0.2) is 41.4 Å². The van der Waals surface area contributed by atoms with Crippen molar-refractivity contribution in [1.29, 1.82) is 0 Å². The van der Waals surface area contributed by atoms with Crippen molar-refractivity contribution in [3.05, 3.63) is 29.8 Å². The number of benzene rings is 1. The first-order chi connectivity index (χ1) is 9.84. The molecular weight excluding hydrogens is 303 g/mol. The van der Waals surface area contributed by atoms with E-state index in [4.69, 9.17) is 5.11 Å². The number of alkyl halides is 3. The van der Waals surface area contributed by atoms with Crippen LogP contribution in [0, 0.1) is 5.92 Å². The molecule has 3 nitrogen and oxygen atoms in total. The fraction of sp³-hybridized carbons (Fsp3) is 0.500. The highest BCUT2D eigenvalue weighted by atomic mass is 32.2. The zero-order chi connectivity index (χ0) is 15.5. The fourth-order valence-corrected chi connectivity index (χ4v) is 3.26. The van der Waals surface area contributed by atoms with E-state index in [2.05, 4.69) is 4.90 Å². The molecule has 21 heavy (non-hydrogen) atoms. The predicted octanol–water partition coefficient (Wildman–Crippen LogP) is 3.20. The molecule has 1 fully saturated rings. The summed E-state index contributed by atoms with van der Waals surface area (Å²) in [6, 6.07) is 5.31. The molecule has 1 N–H and O–H groups in total. The van der Waals surface area contributed by atoms with Crippen LogP contribution in [0.5, 0.6) is 0 Å². The first-order valence-electron chi connectivity index (χ1n) is 6.59. The third-order valence-corrected chi connectivity index (χ3v) is 4.31. The fourth-order valence-electron chi connectivity index (χ4n) is 2.29. The summed E-state index contributed by atoms with van der Waals surface area (Å²) in [4.78, 5) is 13.2. The van der Waals surface area contributed by atoms with Crippen LogP contribution in [0.1, 0.15) is 12.0 Å². The molecule has 0 aromatic heterocycles.